The lowest BCUT2D eigenvalue weighted by Crippen LogP contribution is -2.19. The van der Waals surface area contributed by atoms with Gasteiger partial charge in [0.25, 0.3) is 0 Å². The van der Waals surface area contributed by atoms with Crippen LogP contribution in [0.15, 0.2) is 23.7 Å². The van der Waals surface area contributed by atoms with Gasteiger partial charge in [0, 0.05) is 29.1 Å². The molecule has 21 heavy (non-hydrogen) atoms. The van der Waals surface area contributed by atoms with Gasteiger partial charge in [-0.25, -0.2) is 9.37 Å². The Morgan fingerprint density at radius 2 is 2.14 bits per heavy atom. The standard InChI is InChI=1S/C14H15F3N2OS/c1-8(18-6-13-9(2)19-7-21-13)11-4-3-10(15)5-12(11)20-14(16)17/h3-5,7-8,14,18H,6H2,1-2H3. The van der Waals surface area contributed by atoms with E-state index in [0.29, 0.717) is 12.1 Å². The molecule has 1 unspecified atom stereocenters. The van der Waals surface area contributed by atoms with Crippen LogP contribution in [0.1, 0.15) is 29.1 Å². The second-order valence-electron chi connectivity index (χ2n) is 4.52. The molecule has 0 fully saturated rings. The van der Waals surface area contributed by atoms with Crippen LogP contribution in [0.2, 0.25) is 0 Å². The number of ether oxygens (including phenoxy) is 1. The quantitative estimate of drug-likeness (QED) is 0.873. The zero-order chi connectivity index (χ0) is 15.4. The first-order valence-corrected chi connectivity index (χ1v) is 7.22. The van der Waals surface area contributed by atoms with Gasteiger partial charge in [-0.15, -0.1) is 11.3 Å². The first-order chi connectivity index (χ1) is 9.97. The van der Waals surface area contributed by atoms with Crippen LogP contribution in [-0.2, 0) is 6.54 Å². The van der Waals surface area contributed by atoms with Crippen molar-refractivity contribution in [1.82, 2.24) is 10.3 Å². The van der Waals surface area contributed by atoms with Crippen molar-refractivity contribution in [2.24, 2.45) is 0 Å². The Kier molecular flexibility index (Phi) is 5.19. The average molecular weight is 316 g/mol. The number of rotatable bonds is 6. The highest BCUT2D eigenvalue weighted by Gasteiger charge is 2.16. The van der Waals surface area contributed by atoms with Gasteiger partial charge in [-0.1, -0.05) is 6.07 Å². The second-order valence-corrected chi connectivity index (χ2v) is 5.46. The average Bonchev–Trinajstić information content (AvgIpc) is 2.81. The first-order valence-electron chi connectivity index (χ1n) is 6.34. The number of hydrogen-bond acceptors (Lipinski definition) is 4. The number of aromatic nitrogens is 1. The van der Waals surface area contributed by atoms with Crippen molar-refractivity contribution in [3.8, 4) is 5.75 Å². The van der Waals surface area contributed by atoms with Crippen LogP contribution in [0.25, 0.3) is 0 Å². The van der Waals surface area contributed by atoms with Gasteiger partial charge in [-0.05, 0) is 19.9 Å². The number of benzene rings is 1. The molecule has 1 aromatic carbocycles. The molecule has 7 heteroatoms. The molecule has 2 aromatic rings. The molecule has 1 N–H and O–H groups in total. The Morgan fingerprint density at radius 3 is 2.76 bits per heavy atom. The molecule has 114 valence electrons. The normalized spacial score (nSPS) is 12.7. The zero-order valence-corrected chi connectivity index (χ0v) is 12.4. The minimum Gasteiger partial charge on any atom is -0.434 e. The first kappa shape index (κ1) is 15.8. The maximum absolute atomic E-state index is 13.2. The fourth-order valence-electron chi connectivity index (χ4n) is 1.92. The largest absolute Gasteiger partial charge is 0.434 e. The number of alkyl halides is 2. The molecule has 0 saturated heterocycles. The van der Waals surface area contributed by atoms with Gasteiger partial charge in [0.1, 0.15) is 11.6 Å². The summed E-state index contributed by atoms with van der Waals surface area (Å²) in [5.74, 6) is -0.758. The molecule has 3 nitrogen and oxygen atoms in total. The predicted molar refractivity (Wildman–Crippen MR) is 75.1 cm³/mol. The highest BCUT2D eigenvalue weighted by atomic mass is 32.1. The number of thiazole rings is 1. The molecule has 0 amide bonds. The molecule has 0 spiro atoms. The number of aryl methyl sites for hydroxylation is 1. The van der Waals surface area contributed by atoms with Crippen LogP contribution >= 0.6 is 11.3 Å². The van der Waals surface area contributed by atoms with Crippen molar-refractivity contribution in [2.75, 3.05) is 0 Å². The molecule has 1 atom stereocenters. The molecule has 1 heterocycles. The fraction of sp³-hybridized carbons (Fsp3) is 0.357. The summed E-state index contributed by atoms with van der Waals surface area (Å²) in [7, 11) is 0. The van der Waals surface area contributed by atoms with Gasteiger partial charge >= 0.3 is 6.61 Å². The molecule has 2 rings (SSSR count). The van der Waals surface area contributed by atoms with E-state index in [2.05, 4.69) is 15.0 Å². The molecule has 0 saturated carbocycles. The summed E-state index contributed by atoms with van der Waals surface area (Å²) in [6.07, 6.45) is 0. The summed E-state index contributed by atoms with van der Waals surface area (Å²) < 4.78 is 42.3. The van der Waals surface area contributed by atoms with Crippen molar-refractivity contribution < 1.29 is 17.9 Å². The third-order valence-electron chi connectivity index (χ3n) is 3.07. The SMILES string of the molecule is Cc1ncsc1CNC(C)c1ccc(F)cc1OC(F)F. The van der Waals surface area contributed by atoms with E-state index in [0.717, 1.165) is 16.6 Å². The van der Waals surface area contributed by atoms with E-state index in [4.69, 9.17) is 0 Å². The Balaban J connectivity index is 2.11. The van der Waals surface area contributed by atoms with E-state index in [1.807, 2.05) is 13.8 Å². The lowest BCUT2D eigenvalue weighted by atomic mass is 10.1. The summed E-state index contributed by atoms with van der Waals surface area (Å²) in [4.78, 5) is 5.21. The molecule has 0 aliphatic carbocycles. The van der Waals surface area contributed by atoms with Crippen molar-refractivity contribution in [3.63, 3.8) is 0 Å². The van der Waals surface area contributed by atoms with Crippen LogP contribution in [0.5, 0.6) is 5.75 Å². The molecule has 1 aromatic heterocycles. The van der Waals surface area contributed by atoms with E-state index in [1.165, 1.54) is 23.5 Å². The zero-order valence-electron chi connectivity index (χ0n) is 11.6. The van der Waals surface area contributed by atoms with Crippen molar-refractivity contribution >= 4 is 11.3 Å². The van der Waals surface area contributed by atoms with Gasteiger partial charge < -0.3 is 10.1 Å². The van der Waals surface area contributed by atoms with Crippen LogP contribution in [0.4, 0.5) is 13.2 Å². The third-order valence-corrected chi connectivity index (χ3v) is 4.01. The number of hydrogen-bond donors (Lipinski definition) is 1. The molecular weight excluding hydrogens is 301 g/mol. The Bertz CT molecular complexity index is 604. The summed E-state index contributed by atoms with van der Waals surface area (Å²) >= 11 is 1.52. The topological polar surface area (TPSA) is 34.2 Å². The maximum atomic E-state index is 13.2. The van der Waals surface area contributed by atoms with Crippen LogP contribution < -0.4 is 10.1 Å². The van der Waals surface area contributed by atoms with E-state index in [1.54, 1.807) is 5.51 Å². The number of halogens is 3. The number of nitrogens with one attached hydrogen (secondary N) is 1. The van der Waals surface area contributed by atoms with Gasteiger partial charge in [0.15, 0.2) is 0 Å². The highest BCUT2D eigenvalue weighted by molar-refractivity contribution is 7.09. The molecule has 0 bridgehead atoms. The van der Waals surface area contributed by atoms with Crippen molar-refractivity contribution in [1.29, 1.82) is 0 Å². The van der Waals surface area contributed by atoms with Gasteiger partial charge in [-0.3, -0.25) is 0 Å². The molecular formula is C14H15F3N2OS. The maximum Gasteiger partial charge on any atom is 0.387 e. The van der Waals surface area contributed by atoms with Crippen molar-refractivity contribution in [2.45, 2.75) is 33.0 Å². The Morgan fingerprint density at radius 1 is 1.38 bits per heavy atom. The minimum absolute atomic E-state index is 0.147. The smallest absolute Gasteiger partial charge is 0.387 e. The monoisotopic (exact) mass is 316 g/mol. The fourth-order valence-corrected chi connectivity index (χ4v) is 2.64. The van der Waals surface area contributed by atoms with E-state index in [-0.39, 0.29) is 11.8 Å². The van der Waals surface area contributed by atoms with Crippen LogP contribution in [0.3, 0.4) is 0 Å². The Labute approximate surface area is 124 Å². The van der Waals surface area contributed by atoms with E-state index in [9.17, 15) is 13.2 Å². The second kappa shape index (κ2) is 6.91. The number of nitrogens with zero attached hydrogens (tertiary/aromatic N) is 1. The molecule has 0 aliphatic heterocycles. The lowest BCUT2D eigenvalue weighted by molar-refractivity contribution is -0.0508. The van der Waals surface area contributed by atoms with E-state index >= 15 is 0 Å². The van der Waals surface area contributed by atoms with Gasteiger partial charge in [0.05, 0.1) is 11.2 Å². The molecule has 0 aliphatic rings. The third kappa shape index (κ3) is 4.18. The predicted octanol–water partition coefficient (Wildman–Crippen LogP) is 4.04. The van der Waals surface area contributed by atoms with Gasteiger partial charge in [0.2, 0.25) is 0 Å². The molecule has 0 radical (unpaired) electrons. The summed E-state index contributed by atoms with van der Waals surface area (Å²) in [5, 5.41) is 3.20. The highest BCUT2D eigenvalue weighted by Crippen LogP contribution is 2.28. The minimum atomic E-state index is -2.98. The summed E-state index contributed by atoms with van der Waals surface area (Å²) in [6.45, 7) is 1.29. The van der Waals surface area contributed by atoms with Gasteiger partial charge in [-0.2, -0.15) is 8.78 Å². The van der Waals surface area contributed by atoms with Crippen LogP contribution in [0, 0.1) is 12.7 Å². The summed E-state index contributed by atoms with van der Waals surface area (Å²) in [6, 6.07) is 3.38. The van der Waals surface area contributed by atoms with E-state index < -0.39 is 12.4 Å². The Hall–Kier alpha value is -1.60. The summed E-state index contributed by atoms with van der Waals surface area (Å²) in [5.41, 5.74) is 3.17. The van der Waals surface area contributed by atoms with Crippen molar-refractivity contribution in [3.05, 3.63) is 45.7 Å². The van der Waals surface area contributed by atoms with Crippen LogP contribution in [-0.4, -0.2) is 11.6 Å². The lowest BCUT2D eigenvalue weighted by Gasteiger charge is -2.18.